The summed E-state index contributed by atoms with van der Waals surface area (Å²) in [5, 5.41) is 2.95. The van der Waals surface area contributed by atoms with Crippen molar-refractivity contribution in [1.82, 2.24) is 0 Å². The van der Waals surface area contributed by atoms with Crippen LogP contribution in [0.2, 0.25) is 0 Å². The predicted molar refractivity (Wildman–Crippen MR) is 70.5 cm³/mol. The molecule has 1 aliphatic rings. The van der Waals surface area contributed by atoms with Crippen LogP contribution in [0.5, 0.6) is 0 Å². The molecule has 92 valence electrons. The lowest BCUT2D eigenvalue weighted by molar-refractivity contribution is -0.114. The first-order chi connectivity index (χ1) is 9.24. The van der Waals surface area contributed by atoms with Gasteiger partial charge in [-0.25, -0.2) is 9.98 Å². The van der Waals surface area contributed by atoms with Crippen molar-refractivity contribution in [2.75, 3.05) is 0 Å². The van der Waals surface area contributed by atoms with Crippen molar-refractivity contribution >= 4 is 23.0 Å². The average Bonchev–Trinajstić information content (AvgIpc) is 2.93. The van der Waals surface area contributed by atoms with Crippen LogP contribution in [0.1, 0.15) is 9.67 Å². The second-order valence-electron chi connectivity index (χ2n) is 3.89. The Morgan fingerprint density at radius 3 is 2.47 bits per heavy atom. The van der Waals surface area contributed by atoms with Gasteiger partial charge in [0.1, 0.15) is 5.70 Å². The number of hydrogen-bond acceptors (Lipinski definition) is 4. The minimum atomic E-state index is -0.483. The van der Waals surface area contributed by atoms with Crippen LogP contribution < -0.4 is 10.7 Å². The molecule has 0 atom stereocenters. The van der Waals surface area contributed by atoms with Gasteiger partial charge < -0.3 is 0 Å². The zero-order valence-electron chi connectivity index (χ0n) is 9.74. The molecule has 0 saturated heterocycles. The molecule has 0 aliphatic carbocycles. The maximum atomic E-state index is 11.9. The lowest BCUT2D eigenvalue weighted by atomic mass is 10.2. The van der Waals surface area contributed by atoms with Crippen molar-refractivity contribution in [3.63, 3.8) is 0 Å². The van der Waals surface area contributed by atoms with Gasteiger partial charge in [0.05, 0.1) is 15.6 Å². The molecule has 1 aromatic heterocycles. The van der Waals surface area contributed by atoms with Gasteiger partial charge in [0, 0.05) is 6.08 Å². The van der Waals surface area contributed by atoms with Crippen molar-refractivity contribution in [3.8, 4) is 0 Å². The summed E-state index contributed by atoms with van der Waals surface area (Å²) >= 11 is 1.33. The number of carbonyl (C=O) groups is 2. The Morgan fingerprint density at radius 1 is 1.05 bits per heavy atom. The van der Waals surface area contributed by atoms with Crippen molar-refractivity contribution in [2.45, 2.75) is 0 Å². The second-order valence-corrected chi connectivity index (χ2v) is 4.84. The zero-order chi connectivity index (χ0) is 13.2. The lowest BCUT2D eigenvalue weighted by Gasteiger charge is -2.01. The van der Waals surface area contributed by atoms with Gasteiger partial charge in [-0.1, -0.05) is 18.2 Å². The second kappa shape index (κ2) is 4.70. The topological polar surface area (TPSA) is 58.9 Å². The standard InChI is InChI=1S/C14H8N2O2S/c17-12(13-6-3-7-19-13)8-11-14(18)16-10-5-2-1-4-9(10)15-11/h1-8H/b11-8-. The Morgan fingerprint density at radius 2 is 1.79 bits per heavy atom. The van der Waals surface area contributed by atoms with E-state index in [0.717, 1.165) is 0 Å². The number of nitrogens with zero attached hydrogens (tertiary/aromatic N) is 2. The smallest absolute Gasteiger partial charge is 0.288 e. The molecule has 2 heterocycles. The van der Waals surface area contributed by atoms with Gasteiger partial charge in [0.25, 0.3) is 5.91 Å². The van der Waals surface area contributed by atoms with Crippen molar-refractivity contribution in [3.05, 3.63) is 69.1 Å². The molecule has 0 bridgehead atoms. The first-order valence-electron chi connectivity index (χ1n) is 5.60. The van der Waals surface area contributed by atoms with Gasteiger partial charge in [-0.2, -0.15) is 0 Å². The third kappa shape index (κ3) is 2.28. The van der Waals surface area contributed by atoms with Gasteiger partial charge in [-0.15, -0.1) is 11.3 Å². The van der Waals surface area contributed by atoms with Gasteiger partial charge >= 0.3 is 0 Å². The van der Waals surface area contributed by atoms with Gasteiger partial charge in [0.2, 0.25) is 0 Å². The summed E-state index contributed by atoms with van der Waals surface area (Å²) in [6.45, 7) is 0. The van der Waals surface area contributed by atoms with Crippen LogP contribution in [-0.2, 0) is 4.79 Å². The molecule has 0 N–H and O–H groups in total. The molecule has 1 aliphatic heterocycles. The van der Waals surface area contributed by atoms with E-state index in [9.17, 15) is 9.59 Å². The van der Waals surface area contributed by atoms with Crippen molar-refractivity contribution in [2.24, 2.45) is 9.98 Å². The van der Waals surface area contributed by atoms with Gasteiger partial charge in [-0.05, 0) is 23.6 Å². The van der Waals surface area contributed by atoms with Crippen LogP contribution in [0.4, 0.5) is 0 Å². The fraction of sp³-hybridized carbons (Fsp3) is 0. The number of thiophene rings is 1. The van der Waals surface area contributed by atoms with E-state index in [1.807, 2.05) is 11.4 Å². The summed E-state index contributed by atoms with van der Waals surface area (Å²) in [5.41, 5.74) is 0.0806. The first kappa shape index (κ1) is 11.7. The molecule has 4 nitrogen and oxygen atoms in total. The van der Waals surface area contributed by atoms with E-state index in [0.29, 0.717) is 15.6 Å². The number of hydrogen-bond donors (Lipinski definition) is 0. The third-order valence-electron chi connectivity index (χ3n) is 2.60. The van der Waals surface area contributed by atoms with Gasteiger partial charge in [-0.3, -0.25) is 9.59 Å². The maximum absolute atomic E-state index is 11.9. The van der Waals surface area contributed by atoms with Crippen LogP contribution in [0.3, 0.4) is 0 Å². The average molecular weight is 268 g/mol. The number of allylic oxidation sites excluding steroid dienone is 1. The number of para-hydroxylation sites is 2. The normalized spacial score (nSPS) is 15.6. The zero-order valence-corrected chi connectivity index (χ0v) is 10.6. The van der Waals surface area contributed by atoms with E-state index in [-0.39, 0.29) is 11.5 Å². The first-order valence-corrected chi connectivity index (χ1v) is 6.48. The highest BCUT2D eigenvalue weighted by Crippen LogP contribution is 2.12. The largest absolute Gasteiger partial charge is 0.296 e. The Kier molecular flexibility index (Phi) is 2.89. The van der Waals surface area contributed by atoms with E-state index in [1.165, 1.54) is 17.4 Å². The van der Waals surface area contributed by atoms with Crippen LogP contribution >= 0.6 is 11.3 Å². The Balaban J connectivity index is 2.06. The molecule has 1 amide bonds. The Hall–Kier alpha value is -2.40. The molecular formula is C14H8N2O2S. The number of carbonyl (C=O) groups excluding carboxylic acids is 2. The summed E-state index contributed by atoms with van der Waals surface area (Å²) < 4.78 is 0. The van der Waals surface area contributed by atoms with E-state index in [2.05, 4.69) is 9.98 Å². The summed E-state index contributed by atoms with van der Waals surface area (Å²) in [7, 11) is 0. The number of fused-ring (bicyclic) bond motifs is 1. The Bertz CT molecular complexity index is 804. The molecular weight excluding hydrogens is 260 g/mol. The molecule has 2 aromatic rings. The quantitative estimate of drug-likeness (QED) is 0.609. The highest BCUT2D eigenvalue weighted by molar-refractivity contribution is 7.12. The predicted octanol–water partition coefficient (Wildman–Crippen LogP) is 1.29. The summed E-state index contributed by atoms with van der Waals surface area (Å²) in [6.07, 6.45) is 1.24. The van der Waals surface area contributed by atoms with Crippen molar-refractivity contribution in [1.29, 1.82) is 0 Å². The van der Waals surface area contributed by atoms with E-state index < -0.39 is 5.91 Å². The summed E-state index contributed by atoms with van der Waals surface area (Å²) in [6, 6.07) is 10.6. The van der Waals surface area contributed by atoms with Crippen LogP contribution in [0.15, 0.2) is 63.5 Å². The van der Waals surface area contributed by atoms with Gasteiger partial charge in [0.15, 0.2) is 5.78 Å². The number of ketones is 1. The molecule has 0 unspecified atom stereocenters. The van der Waals surface area contributed by atoms with E-state index in [4.69, 9.17) is 0 Å². The highest BCUT2D eigenvalue weighted by Gasteiger charge is 2.14. The molecule has 19 heavy (non-hydrogen) atoms. The van der Waals surface area contributed by atoms with E-state index >= 15 is 0 Å². The highest BCUT2D eigenvalue weighted by atomic mass is 32.1. The van der Waals surface area contributed by atoms with Crippen LogP contribution in [0.25, 0.3) is 0 Å². The minimum Gasteiger partial charge on any atom is -0.288 e. The fourth-order valence-corrected chi connectivity index (χ4v) is 2.34. The molecule has 1 aromatic carbocycles. The minimum absolute atomic E-state index is 0.0806. The Labute approximate surface area is 112 Å². The van der Waals surface area contributed by atoms with Crippen LogP contribution in [-0.4, -0.2) is 11.7 Å². The number of benzene rings is 1. The van der Waals surface area contributed by atoms with Crippen LogP contribution in [0, 0.1) is 0 Å². The molecule has 0 fully saturated rings. The number of amides is 1. The summed E-state index contributed by atoms with van der Waals surface area (Å²) in [4.78, 5) is 32.4. The molecule has 3 rings (SSSR count). The van der Waals surface area contributed by atoms with E-state index in [1.54, 1.807) is 30.3 Å². The summed E-state index contributed by atoms with van der Waals surface area (Å²) in [5.74, 6) is -0.708. The third-order valence-corrected chi connectivity index (χ3v) is 3.48. The number of rotatable bonds is 2. The molecule has 0 saturated carbocycles. The lowest BCUT2D eigenvalue weighted by Crippen LogP contribution is -2.30. The monoisotopic (exact) mass is 268 g/mol. The fourth-order valence-electron chi connectivity index (χ4n) is 1.71. The molecule has 5 heteroatoms. The SMILES string of the molecule is O=C1N=c2ccccc2=N/C1=C\C(=O)c1cccs1. The maximum Gasteiger partial charge on any atom is 0.296 e. The van der Waals surface area contributed by atoms with Crippen molar-refractivity contribution < 1.29 is 9.59 Å². The molecule has 0 spiro atoms. The molecule has 0 radical (unpaired) electrons.